The van der Waals surface area contributed by atoms with E-state index in [1.165, 1.54) is 0 Å². The van der Waals surface area contributed by atoms with E-state index in [1.807, 2.05) is 28.8 Å². The standard InChI is InChI=1S/C18H15Br3N2O4/c1-3-27-18(25)13-15(24)11-12(19)17(21)23(14(11)16(20)22-13)8-9-5-4-6-10(7-9)26-2/h4-7,24H,3,8H2,1-2H3. The number of benzene rings is 1. The Labute approximate surface area is 180 Å². The van der Waals surface area contributed by atoms with Crippen LogP contribution < -0.4 is 4.74 Å². The van der Waals surface area contributed by atoms with Gasteiger partial charge >= 0.3 is 5.97 Å². The zero-order valence-corrected chi connectivity index (χ0v) is 19.2. The van der Waals surface area contributed by atoms with Crippen molar-refractivity contribution in [2.75, 3.05) is 13.7 Å². The molecule has 0 aliphatic carbocycles. The van der Waals surface area contributed by atoms with Crippen molar-refractivity contribution in [1.29, 1.82) is 0 Å². The van der Waals surface area contributed by atoms with E-state index in [1.54, 1.807) is 14.0 Å². The predicted molar refractivity (Wildman–Crippen MR) is 113 cm³/mol. The first-order valence-electron chi connectivity index (χ1n) is 7.94. The number of nitrogens with zero attached hydrogens (tertiary/aromatic N) is 2. The zero-order valence-electron chi connectivity index (χ0n) is 14.4. The number of carbonyl (C=O) groups is 1. The van der Waals surface area contributed by atoms with E-state index < -0.39 is 5.97 Å². The lowest BCUT2D eigenvalue weighted by molar-refractivity contribution is 0.0516. The lowest BCUT2D eigenvalue weighted by Gasteiger charge is -2.11. The van der Waals surface area contributed by atoms with Crippen molar-refractivity contribution < 1.29 is 19.4 Å². The summed E-state index contributed by atoms with van der Waals surface area (Å²) in [5, 5.41) is 11.1. The third-order valence-electron chi connectivity index (χ3n) is 3.95. The van der Waals surface area contributed by atoms with Crippen LogP contribution in [0, 0.1) is 0 Å². The number of pyridine rings is 1. The van der Waals surface area contributed by atoms with Crippen LogP contribution in [-0.2, 0) is 11.3 Å². The van der Waals surface area contributed by atoms with Gasteiger partial charge in [-0.25, -0.2) is 9.78 Å². The number of aromatic hydroxyl groups is 1. The van der Waals surface area contributed by atoms with Crippen LogP contribution in [0.4, 0.5) is 0 Å². The molecule has 1 aromatic carbocycles. The van der Waals surface area contributed by atoms with Gasteiger partial charge in [0.05, 0.1) is 29.1 Å². The molecule has 0 unspecified atom stereocenters. The second-order valence-electron chi connectivity index (χ2n) is 5.59. The molecule has 0 aliphatic heterocycles. The highest BCUT2D eigenvalue weighted by Gasteiger charge is 2.26. The summed E-state index contributed by atoms with van der Waals surface area (Å²) in [5.74, 6) is -0.159. The Morgan fingerprint density at radius 3 is 2.70 bits per heavy atom. The maximum absolute atomic E-state index is 12.1. The van der Waals surface area contributed by atoms with Gasteiger partial charge in [0.25, 0.3) is 0 Å². The van der Waals surface area contributed by atoms with E-state index in [-0.39, 0.29) is 18.1 Å². The molecule has 0 spiro atoms. The molecule has 27 heavy (non-hydrogen) atoms. The van der Waals surface area contributed by atoms with Crippen LogP contribution in [0.15, 0.2) is 37.9 Å². The molecule has 2 heterocycles. The van der Waals surface area contributed by atoms with Gasteiger partial charge in [-0.2, -0.15) is 0 Å². The summed E-state index contributed by atoms with van der Waals surface area (Å²) in [6.45, 7) is 2.38. The minimum Gasteiger partial charge on any atom is -0.505 e. The fourth-order valence-corrected chi connectivity index (χ4v) is 4.44. The fraction of sp³-hybridized carbons (Fsp3) is 0.222. The van der Waals surface area contributed by atoms with Crippen LogP contribution in [0.5, 0.6) is 11.5 Å². The normalized spacial score (nSPS) is 11.0. The van der Waals surface area contributed by atoms with Crippen molar-refractivity contribution in [2.24, 2.45) is 0 Å². The van der Waals surface area contributed by atoms with Crippen molar-refractivity contribution in [3.63, 3.8) is 0 Å². The number of fused-ring (bicyclic) bond motifs is 1. The molecular weight excluding hydrogens is 548 g/mol. The Hall–Kier alpha value is -1.58. The minimum atomic E-state index is -0.679. The van der Waals surface area contributed by atoms with Gasteiger partial charge in [0, 0.05) is 6.54 Å². The number of carbonyl (C=O) groups excluding carboxylic acids is 1. The topological polar surface area (TPSA) is 73.6 Å². The first-order valence-corrected chi connectivity index (χ1v) is 10.3. The van der Waals surface area contributed by atoms with Gasteiger partial charge in [-0.15, -0.1) is 0 Å². The summed E-state index contributed by atoms with van der Waals surface area (Å²) in [6.07, 6.45) is 0. The third-order valence-corrected chi connectivity index (χ3v) is 6.64. The lowest BCUT2D eigenvalue weighted by atomic mass is 10.2. The monoisotopic (exact) mass is 560 g/mol. The maximum Gasteiger partial charge on any atom is 0.360 e. The molecule has 0 saturated carbocycles. The van der Waals surface area contributed by atoms with Crippen LogP contribution in [0.25, 0.3) is 10.9 Å². The van der Waals surface area contributed by atoms with Gasteiger partial charge < -0.3 is 19.1 Å². The Bertz CT molecular complexity index is 1030. The molecule has 0 saturated heterocycles. The van der Waals surface area contributed by atoms with E-state index in [0.717, 1.165) is 11.3 Å². The zero-order chi connectivity index (χ0) is 19.7. The first-order chi connectivity index (χ1) is 12.9. The van der Waals surface area contributed by atoms with Gasteiger partial charge in [0.1, 0.15) is 15.0 Å². The predicted octanol–water partition coefficient (Wildman–Crippen LogP) is 5.26. The molecular formula is C18H15Br3N2O4. The van der Waals surface area contributed by atoms with Crippen molar-refractivity contribution in [3.8, 4) is 11.5 Å². The minimum absolute atomic E-state index is 0.136. The molecule has 0 amide bonds. The summed E-state index contributed by atoms with van der Waals surface area (Å²) < 4.78 is 13.9. The molecule has 0 aliphatic rings. The third kappa shape index (κ3) is 3.72. The Morgan fingerprint density at radius 2 is 2.04 bits per heavy atom. The number of hydrogen-bond acceptors (Lipinski definition) is 5. The average molecular weight is 563 g/mol. The van der Waals surface area contributed by atoms with Crippen molar-refractivity contribution in [2.45, 2.75) is 13.5 Å². The van der Waals surface area contributed by atoms with Crippen LogP contribution in [0.1, 0.15) is 23.0 Å². The number of halogens is 3. The summed E-state index contributed by atoms with van der Waals surface area (Å²) in [7, 11) is 1.62. The summed E-state index contributed by atoms with van der Waals surface area (Å²) in [5.41, 5.74) is 1.50. The molecule has 3 aromatic rings. The number of esters is 1. The second kappa shape index (κ2) is 8.20. The number of methoxy groups -OCH3 is 1. The van der Waals surface area contributed by atoms with E-state index in [9.17, 15) is 9.90 Å². The van der Waals surface area contributed by atoms with E-state index >= 15 is 0 Å². The molecule has 142 valence electrons. The smallest absolute Gasteiger partial charge is 0.360 e. The highest BCUT2D eigenvalue weighted by molar-refractivity contribution is 9.13. The maximum atomic E-state index is 12.1. The van der Waals surface area contributed by atoms with Gasteiger partial charge in [-0.05, 0) is 72.4 Å². The Kier molecular flexibility index (Phi) is 6.12. The number of rotatable bonds is 5. The van der Waals surface area contributed by atoms with Crippen LogP contribution in [0.3, 0.4) is 0 Å². The molecule has 3 rings (SSSR count). The Balaban J connectivity index is 2.19. The lowest BCUT2D eigenvalue weighted by Crippen LogP contribution is -2.09. The van der Waals surface area contributed by atoms with E-state index in [2.05, 4.69) is 52.8 Å². The molecule has 0 bridgehead atoms. The highest BCUT2D eigenvalue weighted by atomic mass is 79.9. The van der Waals surface area contributed by atoms with Crippen LogP contribution >= 0.6 is 47.8 Å². The fourth-order valence-electron chi connectivity index (χ4n) is 2.76. The van der Waals surface area contributed by atoms with E-state index in [4.69, 9.17) is 9.47 Å². The SMILES string of the molecule is CCOC(=O)c1nc(Br)c2c(c1O)c(Br)c(Br)n2Cc1cccc(OC)c1. The molecule has 2 aromatic heterocycles. The number of ether oxygens (including phenoxy) is 2. The molecule has 6 nitrogen and oxygen atoms in total. The number of aromatic nitrogens is 2. The quantitative estimate of drug-likeness (QED) is 0.339. The van der Waals surface area contributed by atoms with Crippen molar-refractivity contribution in [3.05, 3.63) is 49.2 Å². The summed E-state index contributed by atoms with van der Waals surface area (Å²) in [6, 6.07) is 7.69. The summed E-state index contributed by atoms with van der Waals surface area (Å²) in [4.78, 5) is 16.3. The first kappa shape index (κ1) is 20.2. The highest BCUT2D eigenvalue weighted by Crippen LogP contribution is 2.43. The molecule has 0 radical (unpaired) electrons. The number of hydrogen-bond donors (Lipinski definition) is 1. The molecule has 9 heteroatoms. The Morgan fingerprint density at radius 1 is 1.30 bits per heavy atom. The van der Waals surface area contributed by atoms with Crippen LogP contribution in [-0.4, -0.2) is 34.3 Å². The van der Waals surface area contributed by atoms with Gasteiger partial charge in [-0.1, -0.05) is 12.1 Å². The van der Waals surface area contributed by atoms with E-state index in [0.29, 0.717) is 31.1 Å². The molecule has 0 fully saturated rings. The largest absolute Gasteiger partial charge is 0.505 e. The van der Waals surface area contributed by atoms with Gasteiger partial charge in [0.15, 0.2) is 11.4 Å². The molecule has 0 atom stereocenters. The van der Waals surface area contributed by atoms with Gasteiger partial charge in [0.2, 0.25) is 0 Å². The van der Waals surface area contributed by atoms with Crippen molar-refractivity contribution >= 4 is 64.7 Å². The average Bonchev–Trinajstić information content (AvgIpc) is 2.90. The molecule has 1 N–H and O–H groups in total. The van der Waals surface area contributed by atoms with Gasteiger partial charge in [-0.3, -0.25) is 0 Å². The second-order valence-corrected chi connectivity index (χ2v) is 7.88. The van der Waals surface area contributed by atoms with Crippen LogP contribution in [0.2, 0.25) is 0 Å². The van der Waals surface area contributed by atoms with Crippen molar-refractivity contribution in [1.82, 2.24) is 9.55 Å². The summed E-state index contributed by atoms with van der Waals surface area (Å²) >= 11 is 10.5.